The van der Waals surface area contributed by atoms with Crippen LogP contribution in [0.15, 0.2) is 58.1 Å². The van der Waals surface area contributed by atoms with E-state index in [9.17, 15) is 19.2 Å². The highest BCUT2D eigenvalue weighted by molar-refractivity contribution is 5.93. The molecule has 0 saturated heterocycles. The summed E-state index contributed by atoms with van der Waals surface area (Å²) >= 11 is 0. The van der Waals surface area contributed by atoms with Crippen molar-refractivity contribution in [2.24, 2.45) is 0 Å². The number of fused-ring (bicyclic) bond motifs is 1. The summed E-state index contributed by atoms with van der Waals surface area (Å²) < 4.78 is 12.1. The Hall–Kier alpha value is -3.92. The number of rotatable bonds is 8. The van der Waals surface area contributed by atoms with Crippen molar-refractivity contribution in [3.8, 4) is 0 Å². The molecule has 168 valence electrons. The molecule has 0 aliphatic heterocycles. The predicted octanol–water partition coefficient (Wildman–Crippen LogP) is 2.02. The van der Waals surface area contributed by atoms with E-state index in [0.29, 0.717) is 22.3 Å². The second kappa shape index (κ2) is 10.4. The first kappa shape index (κ1) is 22.8. The average Bonchev–Trinajstić information content (AvgIpc) is 2.77. The zero-order valence-corrected chi connectivity index (χ0v) is 17.8. The largest absolute Gasteiger partial charge is 0.447 e. The van der Waals surface area contributed by atoms with E-state index in [1.54, 1.807) is 55.5 Å². The summed E-state index contributed by atoms with van der Waals surface area (Å²) in [5.41, 5.74) is 0.288. The lowest BCUT2D eigenvalue weighted by atomic mass is 10.2. The van der Waals surface area contributed by atoms with Crippen molar-refractivity contribution in [1.29, 1.82) is 0 Å². The molecule has 0 bridgehead atoms. The van der Waals surface area contributed by atoms with E-state index in [4.69, 9.17) is 9.47 Å². The van der Waals surface area contributed by atoms with Crippen LogP contribution in [-0.2, 0) is 27.4 Å². The standard InChI is InChI=1S/C22H24N4O6/c1-3-25-20(28)17-9-4-5-10-18(17)26(22(25)30)14-19(27)23-15-7-6-8-16(13-15)24-21(29)32-12-11-31-2/h4-10,13H,3,11-12,14H2,1-2H3,(H,23,27)(H,24,29). The molecule has 0 spiro atoms. The Morgan fingerprint density at radius 1 is 0.938 bits per heavy atom. The van der Waals surface area contributed by atoms with E-state index >= 15 is 0 Å². The van der Waals surface area contributed by atoms with Crippen molar-refractivity contribution in [3.63, 3.8) is 0 Å². The van der Waals surface area contributed by atoms with Gasteiger partial charge in [0.05, 0.1) is 17.5 Å². The Labute approximate surface area is 183 Å². The molecule has 0 atom stereocenters. The zero-order chi connectivity index (χ0) is 23.1. The number of anilines is 2. The molecule has 0 saturated carbocycles. The molecule has 10 heteroatoms. The van der Waals surface area contributed by atoms with E-state index in [-0.39, 0.29) is 31.9 Å². The number of amides is 2. The van der Waals surface area contributed by atoms with Crippen molar-refractivity contribution < 1.29 is 19.1 Å². The summed E-state index contributed by atoms with van der Waals surface area (Å²) in [6, 6.07) is 13.2. The van der Waals surface area contributed by atoms with Crippen molar-refractivity contribution in [2.75, 3.05) is 31.0 Å². The molecule has 3 aromatic rings. The van der Waals surface area contributed by atoms with E-state index in [1.807, 2.05) is 0 Å². The highest BCUT2D eigenvalue weighted by Crippen LogP contribution is 2.16. The molecule has 0 fully saturated rings. The number of ether oxygens (including phenoxy) is 2. The van der Waals surface area contributed by atoms with Gasteiger partial charge in [-0.25, -0.2) is 9.59 Å². The number of benzene rings is 2. The van der Waals surface area contributed by atoms with Crippen LogP contribution in [0.1, 0.15) is 6.92 Å². The maximum Gasteiger partial charge on any atom is 0.411 e. The summed E-state index contributed by atoms with van der Waals surface area (Å²) in [7, 11) is 1.50. The number of nitrogens with one attached hydrogen (secondary N) is 2. The predicted molar refractivity (Wildman–Crippen MR) is 120 cm³/mol. The fraction of sp³-hybridized carbons (Fsp3) is 0.273. The fourth-order valence-electron chi connectivity index (χ4n) is 3.19. The average molecular weight is 440 g/mol. The Bertz CT molecular complexity index is 1250. The van der Waals surface area contributed by atoms with Crippen LogP contribution in [-0.4, -0.2) is 41.5 Å². The molecule has 10 nitrogen and oxygen atoms in total. The van der Waals surface area contributed by atoms with E-state index in [2.05, 4.69) is 10.6 Å². The van der Waals surface area contributed by atoms with Gasteiger partial charge < -0.3 is 14.8 Å². The van der Waals surface area contributed by atoms with Gasteiger partial charge in [0.2, 0.25) is 5.91 Å². The van der Waals surface area contributed by atoms with E-state index in [1.165, 1.54) is 11.7 Å². The van der Waals surface area contributed by atoms with Crippen molar-refractivity contribution in [3.05, 3.63) is 69.4 Å². The van der Waals surface area contributed by atoms with Crippen LogP contribution in [0.3, 0.4) is 0 Å². The molecule has 0 aliphatic carbocycles. The molecule has 32 heavy (non-hydrogen) atoms. The zero-order valence-electron chi connectivity index (χ0n) is 17.8. The lowest BCUT2D eigenvalue weighted by Gasteiger charge is -2.13. The fourth-order valence-corrected chi connectivity index (χ4v) is 3.19. The van der Waals surface area contributed by atoms with Gasteiger partial charge in [0, 0.05) is 25.0 Å². The molecule has 2 amide bonds. The van der Waals surface area contributed by atoms with Crippen LogP contribution in [0.5, 0.6) is 0 Å². The van der Waals surface area contributed by atoms with Crippen molar-refractivity contribution in [2.45, 2.75) is 20.0 Å². The summed E-state index contributed by atoms with van der Waals surface area (Å²) in [5, 5.41) is 5.62. The van der Waals surface area contributed by atoms with Gasteiger partial charge in [-0.2, -0.15) is 0 Å². The lowest BCUT2D eigenvalue weighted by molar-refractivity contribution is -0.116. The minimum atomic E-state index is -0.648. The molecular weight excluding hydrogens is 416 g/mol. The molecule has 1 aromatic heterocycles. The monoisotopic (exact) mass is 440 g/mol. The second-order valence-corrected chi connectivity index (χ2v) is 6.82. The third-order valence-corrected chi connectivity index (χ3v) is 4.66. The molecule has 2 N–H and O–H groups in total. The number of carbonyl (C=O) groups excluding carboxylic acids is 2. The van der Waals surface area contributed by atoms with Crippen molar-refractivity contribution >= 4 is 34.3 Å². The molecule has 0 unspecified atom stereocenters. The van der Waals surface area contributed by atoms with Gasteiger partial charge in [0.25, 0.3) is 5.56 Å². The molecule has 2 aromatic carbocycles. The normalized spacial score (nSPS) is 10.7. The minimum Gasteiger partial charge on any atom is -0.447 e. The number of para-hydroxylation sites is 1. The minimum absolute atomic E-state index is 0.112. The van der Waals surface area contributed by atoms with Gasteiger partial charge in [-0.15, -0.1) is 0 Å². The molecular formula is C22H24N4O6. The SMILES string of the molecule is CCn1c(=O)c2ccccc2n(CC(=O)Nc2cccc(NC(=O)OCCOC)c2)c1=O. The lowest BCUT2D eigenvalue weighted by Crippen LogP contribution is -2.41. The van der Waals surface area contributed by atoms with Gasteiger partial charge in [0.1, 0.15) is 13.2 Å². The van der Waals surface area contributed by atoms with Crippen LogP contribution < -0.4 is 21.9 Å². The summed E-state index contributed by atoms with van der Waals surface area (Å²) in [6.07, 6.45) is -0.648. The van der Waals surface area contributed by atoms with Crippen LogP contribution in [0, 0.1) is 0 Å². The van der Waals surface area contributed by atoms with Gasteiger partial charge in [-0.05, 0) is 37.3 Å². The third kappa shape index (κ3) is 5.22. The Kier molecular flexibility index (Phi) is 7.40. The molecule has 0 radical (unpaired) electrons. The molecule has 1 heterocycles. The highest BCUT2D eigenvalue weighted by atomic mass is 16.6. The quantitative estimate of drug-likeness (QED) is 0.517. The van der Waals surface area contributed by atoms with Gasteiger partial charge in [0.15, 0.2) is 0 Å². The number of aromatic nitrogens is 2. The van der Waals surface area contributed by atoms with Crippen LogP contribution in [0.4, 0.5) is 16.2 Å². The maximum absolute atomic E-state index is 12.8. The van der Waals surface area contributed by atoms with Crippen LogP contribution in [0.25, 0.3) is 10.9 Å². The van der Waals surface area contributed by atoms with Crippen molar-refractivity contribution in [1.82, 2.24) is 9.13 Å². The Morgan fingerprint density at radius 3 is 2.38 bits per heavy atom. The second-order valence-electron chi connectivity index (χ2n) is 6.82. The van der Waals surface area contributed by atoms with Gasteiger partial charge in [-0.1, -0.05) is 18.2 Å². The maximum atomic E-state index is 12.8. The molecule has 0 aliphatic rings. The number of carbonyl (C=O) groups is 2. The van der Waals surface area contributed by atoms with Gasteiger partial charge in [-0.3, -0.25) is 24.0 Å². The first-order valence-electron chi connectivity index (χ1n) is 9.99. The van der Waals surface area contributed by atoms with E-state index < -0.39 is 17.7 Å². The van der Waals surface area contributed by atoms with Crippen LogP contribution in [0.2, 0.25) is 0 Å². The number of nitrogens with zero attached hydrogens (tertiary/aromatic N) is 2. The first-order chi connectivity index (χ1) is 15.4. The Balaban J connectivity index is 1.77. The molecule has 3 rings (SSSR count). The smallest absolute Gasteiger partial charge is 0.411 e. The first-order valence-corrected chi connectivity index (χ1v) is 9.99. The van der Waals surface area contributed by atoms with Gasteiger partial charge >= 0.3 is 11.8 Å². The number of methoxy groups -OCH3 is 1. The highest BCUT2D eigenvalue weighted by Gasteiger charge is 2.14. The van der Waals surface area contributed by atoms with E-state index in [0.717, 1.165) is 4.57 Å². The number of hydrogen-bond acceptors (Lipinski definition) is 6. The summed E-state index contributed by atoms with van der Waals surface area (Å²) in [6.45, 7) is 2.00. The summed E-state index contributed by atoms with van der Waals surface area (Å²) in [4.78, 5) is 49.8. The number of hydrogen-bond donors (Lipinski definition) is 2. The summed E-state index contributed by atoms with van der Waals surface area (Å²) in [5.74, 6) is -0.460. The Morgan fingerprint density at radius 2 is 1.66 bits per heavy atom. The van der Waals surface area contributed by atoms with Crippen LogP contribution >= 0.6 is 0 Å². The third-order valence-electron chi connectivity index (χ3n) is 4.66. The topological polar surface area (TPSA) is 121 Å².